The lowest BCUT2D eigenvalue weighted by molar-refractivity contribution is 0.0947. The van der Waals surface area contributed by atoms with E-state index in [4.69, 9.17) is 0 Å². The van der Waals surface area contributed by atoms with Crippen LogP contribution in [0.4, 0.5) is 0 Å². The van der Waals surface area contributed by atoms with Crippen molar-refractivity contribution in [2.75, 3.05) is 0 Å². The Labute approximate surface area is 161 Å². The summed E-state index contributed by atoms with van der Waals surface area (Å²) >= 11 is 0. The maximum atomic E-state index is 12.6. The van der Waals surface area contributed by atoms with Crippen molar-refractivity contribution >= 4 is 22.5 Å². The summed E-state index contributed by atoms with van der Waals surface area (Å²) in [5.41, 5.74) is 4.35. The largest absolute Gasteiger partial charge is 0.346 e. The monoisotopic (exact) mass is 375 g/mol. The summed E-state index contributed by atoms with van der Waals surface area (Å²) < 4.78 is 1.42. The Bertz CT molecular complexity index is 1240. The lowest BCUT2D eigenvalue weighted by Crippen LogP contribution is -2.25. The van der Waals surface area contributed by atoms with E-state index in [0.717, 1.165) is 11.1 Å². The van der Waals surface area contributed by atoms with Crippen LogP contribution in [0.1, 0.15) is 46.9 Å². The van der Waals surface area contributed by atoms with Gasteiger partial charge in [-0.25, -0.2) is 4.52 Å². The van der Waals surface area contributed by atoms with Crippen LogP contribution < -0.4 is 10.9 Å². The number of rotatable bonds is 4. The minimum atomic E-state index is -0.431. The van der Waals surface area contributed by atoms with E-state index in [-0.39, 0.29) is 11.2 Å². The van der Waals surface area contributed by atoms with Gasteiger partial charge in [-0.05, 0) is 41.7 Å². The highest BCUT2D eigenvalue weighted by molar-refractivity contribution is 5.99. The van der Waals surface area contributed by atoms with Crippen molar-refractivity contribution < 1.29 is 4.79 Å². The first-order chi connectivity index (χ1) is 13.4. The molecule has 0 saturated carbocycles. The molecule has 142 valence electrons. The van der Waals surface area contributed by atoms with E-state index in [1.54, 1.807) is 0 Å². The third kappa shape index (κ3) is 3.15. The molecule has 0 aliphatic carbocycles. The third-order valence-corrected chi connectivity index (χ3v) is 4.83. The summed E-state index contributed by atoms with van der Waals surface area (Å²) in [6, 6.07) is 13.7. The van der Waals surface area contributed by atoms with Crippen molar-refractivity contribution in [3.63, 3.8) is 0 Å². The second-order valence-electron chi connectivity index (χ2n) is 7.25. The van der Waals surface area contributed by atoms with Crippen molar-refractivity contribution in [3.8, 4) is 0 Å². The molecule has 7 heteroatoms. The van der Waals surface area contributed by atoms with Crippen LogP contribution in [0, 0.1) is 6.92 Å². The fraction of sp³-hybridized carbons (Fsp3) is 0.238. The van der Waals surface area contributed by atoms with Gasteiger partial charge in [0.2, 0.25) is 0 Å². The molecule has 0 unspecified atom stereocenters. The van der Waals surface area contributed by atoms with E-state index >= 15 is 0 Å². The first-order valence-electron chi connectivity index (χ1n) is 9.19. The molecule has 1 amide bonds. The molecule has 0 fully saturated rings. The number of nitrogens with zero attached hydrogens (tertiary/aromatic N) is 3. The highest BCUT2D eigenvalue weighted by Gasteiger charge is 2.19. The number of aromatic nitrogens is 4. The first-order valence-corrected chi connectivity index (χ1v) is 9.19. The maximum Gasteiger partial charge on any atom is 0.277 e. The van der Waals surface area contributed by atoms with Crippen LogP contribution in [-0.2, 0) is 6.54 Å². The number of carbonyl (C=O) groups is 1. The number of benzene rings is 2. The van der Waals surface area contributed by atoms with Gasteiger partial charge in [0.1, 0.15) is 0 Å². The Morgan fingerprint density at radius 3 is 2.64 bits per heavy atom. The van der Waals surface area contributed by atoms with Crippen LogP contribution in [0.2, 0.25) is 0 Å². The van der Waals surface area contributed by atoms with Crippen molar-refractivity contribution in [1.82, 2.24) is 25.1 Å². The number of aryl methyl sites for hydroxylation is 1. The average molecular weight is 375 g/mol. The van der Waals surface area contributed by atoms with E-state index in [9.17, 15) is 9.59 Å². The summed E-state index contributed by atoms with van der Waals surface area (Å²) in [6.45, 7) is 6.56. The highest BCUT2D eigenvalue weighted by Crippen LogP contribution is 2.16. The molecule has 0 saturated heterocycles. The Morgan fingerprint density at radius 1 is 1.18 bits per heavy atom. The number of fused-ring (bicyclic) bond motifs is 3. The first kappa shape index (κ1) is 17.9. The second-order valence-corrected chi connectivity index (χ2v) is 7.25. The Kier molecular flexibility index (Phi) is 4.43. The number of H-pyrrole nitrogens is 1. The van der Waals surface area contributed by atoms with Crippen LogP contribution in [0.15, 0.2) is 47.3 Å². The molecule has 28 heavy (non-hydrogen) atoms. The van der Waals surface area contributed by atoms with Gasteiger partial charge in [-0.3, -0.25) is 9.59 Å². The normalized spacial score (nSPS) is 11.4. The SMILES string of the molecule is Cc1ccc2c(c1)[nH]c(=O)c1c(C(=O)NCc3ccc(C(C)C)cc3)nnn12. The molecule has 0 aliphatic rings. The fourth-order valence-electron chi connectivity index (χ4n) is 3.21. The molecule has 2 aromatic heterocycles. The van der Waals surface area contributed by atoms with Crippen LogP contribution in [-0.4, -0.2) is 25.7 Å². The number of hydrogen-bond acceptors (Lipinski definition) is 4. The second kappa shape index (κ2) is 6.92. The average Bonchev–Trinajstić information content (AvgIpc) is 3.12. The molecule has 2 aromatic carbocycles. The molecular formula is C21H21N5O2. The quantitative estimate of drug-likeness (QED) is 0.574. The molecule has 0 bridgehead atoms. The van der Waals surface area contributed by atoms with Crippen molar-refractivity contribution in [2.45, 2.75) is 33.2 Å². The lowest BCUT2D eigenvalue weighted by Gasteiger charge is -2.07. The topological polar surface area (TPSA) is 92.1 Å². The Balaban J connectivity index is 1.62. The third-order valence-electron chi connectivity index (χ3n) is 4.83. The number of amides is 1. The summed E-state index contributed by atoms with van der Waals surface area (Å²) in [5, 5.41) is 10.8. The van der Waals surface area contributed by atoms with Crippen LogP contribution >= 0.6 is 0 Å². The predicted octanol–water partition coefficient (Wildman–Crippen LogP) is 2.93. The number of hydrogen-bond donors (Lipinski definition) is 2. The van der Waals surface area contributed by atoms with Crippen molar-refractivity contribution in [2.24, 2.45) is 0 Å². The Morgan fingerprint density at radius 2 is 1.93 bits per heavy atom. The Hall–Kier alpha value is -3.48. The van der Waals surface area contributed by atoms with E-state index < -0.39 is 11.5 Å². The van der Waals surface area contributed by atoms with E-state index in [1.807, 2.05) is 37.3 Å². The van der Waals surface area contributed by atoms with Gasteiger partial charge in [0.15, 0.2) is 11.2 Å². The predicted molar refractivity (Wildman–Crippen MR) is 108 cm³/mol. The molecule has 4 aromatic rings. The molecular weight excluding hydrogens is 354 g/mol. The van der Waals surface area contributed by atoms with Gasteiger partial charge in [-0.15, -0.1) is 5.10 Å². The van der Waals surface area contributed by atoms with Gasteiger partial charge in [0.25, 0.3) is 11.5 Å². The molecule has 2 N–H and O–H groups in total. The lowest BCUT2D eigenvalue weighted by atomic mass is 10.0. The zero-order chi connectivity index (χ0) is 19.8. The van der Waals surface area contributed by atoms with E-state index in [0.29, 0.717) is 23.5 Å². The van der Waals surface area contributed by atoms with Crippen molar-refractivity contribution in [3.05, 3.63) is 75.2 Å². The summed E-state index contributed by atoms with van der Waals surface area (Å²) in [6.07, 6.45) is 0. The van der Waals surface area contributed by atoms with E-state index in [1.165, 1.54) is 10.1 Å². The standard InChI is InChI=1S/C21H21N5O2/c1-12(2)15-7-5-14(6-8-15)11-22-20(27)18-19-21(28)23-16-10-13(3)4-9-17(16)26(19)25-24-18/h4-10,12H,11H2,1-3H3,(H,22,27)(H,23,28). The van der Waals surface area contributed by atoms with E-state index in [2.05, 4.69) is 46.6 Å². The minimum absolute atomic E-state index is 0.0162. The smallest absolute Gasteiger partial charge is 0.277 e. The summed E-state index contributed by atoms with van der Waals surface area (Å²) in [5.74, 6) is 0.0249. The van der Waals surface area contributed by atoms with Crippen LogP contribution in [0.25, 0.3) is 16.6 Å². The van der Waals surface area contributed by atoms with Crippen LogP contribution in [0.5, 0.6) is 0 Å². The number of aromatic amines is 1. The van der Waals surface area contributed by atoms with Crippen LogP contribution in [0.3, 0.4) is 0 Å². The fourth-order valence-corrected chi connectivity index (χ4v) is 3.21. The van der Waals surface area contributed by atoms with Crippen molar-refractivity contribution in [1.29, 1.82) is 0 Å². The summed E-state index contributed by atoms with van der Waals surface area (Å²) in [7, 11) is 0. The molecule has 2 heterocycles. The number of carbonyl (C=O) groups excluding carboxylic acids is 1. The van der Waals surface area contributed by atoms with Gasteiger partial charge in [0, 0.05) is 6.54 Å². The zero-order valence-corrected chi connectivity index (χ0v) is 16.0. The summed E-state index contributed by atoms with van der Waals surface area (Å²) in [4.78, 5) is 28.0. The molecule has 4 rings (SSSR count). The molecule has 0 radical (unpaired) electrons. The van der Waals surface area contributed by atoms with Gasteiger partial charge in [-0.1, -0.05) is 49.4 Å². The minimum Gasteiger partial charge on any atom is -0.346 e. The van der Waals surface area contributed by atoms with Gasteiger partial charge in [0.05, 0.1) is 11.0 Å². The highest BCUT2D eigenvalue weighted by atomic mass is 16.2. The molecule has 7 nitrogen and oxygen atoms in total. The molecule has 0 atom stereocenters. The van der Waals surface area contributed by atoms with Gasteiger partial charge >= 0.3 is 0 Å². The number of nitrogens with one attached hydrogen (secondary N) is 2. The van der Waals surface area contributed by atoms with Gasteiger partial charge < -0.3 is 10.3 Å². The molecule has 0 aliphatic heterocycles. The van der Waals surface area contributed by atoms with Gasteiger partial charge in [-0.2, -0.15) is 0 Å². The molecule has 0 spiro atoms. The zero-order valence-electron chi connectivity index (χ0n) is 16.0. The maximum absolute atomic E-state index is 12.6.